The summed E-state index contributed by atoms with van der Waals surface area (Å²) in [5.41, 5.74) is 0.915. The van der Waals surface area contributed by atoms with Crippen LogP contribution in [-0.4, -0.2) is 48.1 Å². The number of aliphatic carboxylic acids is 1. The third kappa shape index (κ3) is 3.29. The van der Waals surface area contributed by atoms with Gasteiger partial charge >= 0.3 is 5.97 Å². The van der Waals surface area contributed by atoms with Crippen molar-refractivity contribution in [2.45, 2.75) is 12.6 Å². The highest BCUT2D eigenvalue weighted by Crippen LogP contribution is 2.26. The monoisotopic (exact) mass is 342 g/mol. The van der Waals surface area contributed by atoms with Gasteiger partial charge in [-0.2, -0.15) is 0 Å². The van der Waals surface area contributed by atoms with E-state index in [4.69, 9.17) is 4.74 Å². The second-order valence-corrected chi connectivity index (χ2v) is 5.39. The summed E-state index contributed by atoms with van der Waals surface area (Å²) < 4.78 is 5.94. The minimum atomic E-state index is -0.933. The molecule has 1 atom stereocenters. The number of hydrogen-bond acceptors (Lipinski definition) is 4. The highest BCUT2D eigenvalue weighted by Gasteiger charge is 2.31. The number of benzene rings is 1. The Hall–Kier alpha value is -1.60. The molecular weight excluding hydrogens is 328 g/mol. The first-order valence-corrected chi connectivity index (χ1v) is 6.86. The van der Waals surface area contributed by atoms with Gasteiger partial charge < -0.3 is 15.2 Å². The first kappa shape index (κ1) is 14.8. The number of methoxy groups -OCH3 is 1. The Labute approximate surface area is 124 Å². The predicted octanol–water partition coefficient (Wildman–Crippen LogP) is 0.843. The van der Waals surface area contributed by atoms with Crippen molar-refractivity contribution in [1.82, 2.24) is 10.2 Å². The van der Waals surface area contributed by atoms with Gasteiger partial charge in [0.25, 0.3) is 0 Å². The number of rotatable bonds is 4. The summed E-state index contributed by atoms with van der Waals surface area (Å²) in [6, 6.07) is 4.83. The number of carboxylic acids is 1. The molecule has 20 heavy (non-hydrogen) atoms. The van der Waals surface area contributed by atoms with Gasteiger partial charge in [-0.05, 0) is 33.6 Å². The van der Waals surface area contributed by atoms with Crippen LogP contribution >= 0.6 is 15.9 Å². The molecule has 1 amide bonds. The first-order chi connectivity index (χ1) is 9.51. The zero-order valence-corrected chi connectivity index (χ0v) is 12.5. The molecule has 6 nitrogen and oxygen atoms in total. The van der Waals surface area contributed by atoms with Gasteiger partial charge in [-0.1, -0.05) is 6.07 Å². The number of carbonyl (C=O) groups excluding carboxylic acids is 1. The van der Waals surface area contributed by atoms with Crippen molar-refractivity contribution in [1.29, 1.82) is 0 Å². The normalized spacial score (nSPS) is 19.5. The predicted molar refractivity (Wildman–Crippen MR) is 75.5 cm³/mol. The zero-order chi connectivity index (χ0) is 14.7. The van der Waals surface area contributed by atoms with Crippen molar-refractivity contribution in [3.05, 3.63) is 28.2 Å². The van der Waals surface area contributed by atoms with Gasteiger partial charge in [-0.25, -0.2) is 0 Å². The number of nitrogens with zero attached hydrogens (tertiary/aromatic N) is 1. The lowest BCUT2D eigenvalue weighted by Gasteiger charge is -2.32. The zero-order valence-electron chi connectivity index (χ0n) is 10.9. The maximum Gasteiger partial charge on any atom is 0.322 e. The molecule has 1 fully saturated rings. The quantitative estimate of drug-likeness (QED) is 0.847. The van der Waals surface area contributed by atoms with Crippen LogP contribution in [0.5, 0.6) is 5.75 Å². The molecule has 2 rings (SSSR count). The average Bonchev–Trinajstić information content (AvgIpc) is 2.38. The molecular formula is C13H15BrN2O4. The van der Waals surface area contributed by atoms with Crippen molar-refractivity contribution in [2.24, 2.45) is 0 Å². The van der Waals surface area contributed by atoms with E-state index < -0.39 is 12.0 Å². The summed E-state index contributed by atoms with van der Waals surface area (Å²) in [6.07, 6.45) is 0. The summed E-state index contributed by atoms with van der Waals surface area (Å²) in [5.74, 6) is -0.382. The molecule has 1 unspecified atom stereocenters. The van der Waals surface area contributed by atoms with Crippen molar-refractivity contribution in [3.63, 3.8) is 0 Å². The molecule has 1 aliphatic rings. The third-order valence-corrected chi connectivity index (χ3v) is 3.79. The van der Waals surface area contributed by atoms with Gasteiger partial charge in [0.15, 0.2) is 0 Å². The highest BCUT2D eigenvalue weighted by molar-refractivity contribution is 9.10. The second kappa shape index (κ2) is 6.23. The topological polar surface area (TPSA) is 78.9 Å². The second-order valence-electron chi connectivity index (χ2n) is 4.53. The molecule has 2 N–H and O–H groups in total. The molecule has 1 saturated heterocycles. The number of ether oxygens (including phenoxy) is 1. The van der Waals surface area contributed by atoms with Crippen LogP contribution in [0.2, 0.25) is 0 Å². The van der Waals surface area contributed by atoms with Gasteiger partial charge in [-0.3, -0.25) is 14.5 Å². The van der Waals surface area contributed by atoms with Gasteiger partial charge in [0.2, 0.25) is 5.91 Å². The van der Waals surface area contributed by atoms with Gasteiger partial charge in [0.1, 0.15) is 11.8 Å². The minimum absolute atomic E-state index is 0.0839. The van der Waals surface area contributed by atoms with Crippen LogP contribution in [0, 0.1) is 0 Å². The fourth-order valence-electron chi connectivity index (χ4n) is 2.14. The Kier molecular flexibility index (Phi) is 4.61. The maximum atomic E-state index is 11.4. The molecule has 0 aliphatic carbocycles. The number of piperazine rings is 1. The lowest BCUT2D eigenvalue weighted by molar-refractivity contribution is -0.146. The number of carbonyl (C=O) groups is 2. The van der Waals surface area contributed by atoms with Crippen molar-refractivity contribution >= 4 is 27.8 Å². The molecule has 0 spiro atoms. The molecule has 7 heteroatoms. The number of nitrogens with one attached hydrogen (secondary N) is 1. The summed E-state index contributed by atoms with van der Waals surface area (Å²) >= 11 is 3.39. The Morgan fingerprint density at radius 3 is 2.95 bits per heavy atom. The molecule has 108 valence electrons. The van der Waals surface area contributed by atoms with Crippen LogP contribution in [0.4, 0.5) is 0 Å². The molecule has 0 saturated carbocycles. The number of amides is 1. The average molecular weight is 343 g/mol. The largest absolute Gasteiger partial charge is 0.496 e. The number of halogens is 1. The Morgan fingerprint density at radius 2 is 2.35 bits per heavy atom. The van der Waals surface area contributed by atoms with Gasteiger partial charge in [-0.15, -0.1) is 0 Å². The fourth-order valence-corrected chi connectivity index (χ4v) is 2.73. The third-order valence-electron chi connectivity index (χ3n) is 3.17. The highest BCUT2D eigenvalue weighted by atomic mass is 79.9. The van der Waals surface area contributed by atoms with E-state index in [0.29, 0.717) is 12.3 Å². The lowest BCUT2D eigenvalue weighted by atomic mass is 10.1. The van der Waals surface area contributed by atoms with Crippen molar-refractivity contribution < 1.29 is 19.4 Å². The molecule has 1 aromatic carbocycles. The standard InChI is InChI=1S/C13H15BrN2O4/c1-20-11-3-2-8(4-9(11)14)6-16-7-12(17)15-5-10(16)13(18)19/h2-4,10H,5-7H2,1H3,(H,15,17)(H,18,19). The molecule has 0 aromatic heterocycles. The Balaban J connectivity index is 2.15. The van der Waals surface area contributed by atoms with Gasteiger partial charge in [0.05, 0.1) is 18.1 Å². The van der Waals surface area contributed by atoms with Crippen molar-refractivity contribution in [3.8, 4) is 5.75 Å². The van der Waals surface area contributed by atoms with Crippen LogP contribution in [0.1, 0.15) is 5.56 Å². The van der Waals surface area contributed by atoms with E-state index >= 15 is 0 Å². The molecule has 1 aromatic rings. The number of carboxylic acid groups (broad SMARTS) is 1. The van der Waals surface area contributed by atoms with E-state index in [1.165, 1.54) is 0 Å². The van der Waals surface area contributed by atoms with Crippen LogP contribution in [-0.2, 0) is 16.1 Å². The summed E-state index contributed by atoms with van der Waals surface area (Å²) in [7, 11) is 1.58. The maximum absolute atomic E-state index is 11.4. The van der Waals surface area contributed by atoms with Crippen LogP contribution in [0.15, 0.2) is 22.7 Å². The van der Waals surface area contributed by atoms with E-state index in [0.717, 1.165) is 10.0 Å². The Bertz CT molecular complexity index is 535. The summed E-state index contributed by atoms with van der Waals surface area (Å²) in [5, 5.41) is 11.8. The summed E-state index contributed by atoms with van der Waals surface area (Å²) in [4.78, 5) is 24.3. The van der Waals surface area contributed by atoms with E-state index in [1.807, 2.05) is 12.1 Å². The first-order valence-electron chi connectivity index (χ1n) is 6.07. The number of hydrogen-bond donors (Lipinski definition) is 2. The molecule has 1 aliphatic heterocycles. The van der Waals surface area contributed by atoms with E-state index in [2.05, 4.69) is 21.2 Å². The minimum Gasteiger partial charge on any atom is -0.496 e. The Morgan fingerprint density at radius 1 is 1.60 bits per heavy atom. The van der Waals surface area contributed by atoms with E-state index in [-0.39, 0.29) is 19.0 Å². The fraction of sp³-hybridized carbons (Fsp3) is 0.385. The summed E-state index contributed by atoms with van der Waals surface area (Å²) in [6.45, 7) is 0.610. The van der Waals surface area contributed by atoms with Crippen LogP contribution < -0.4 is 10.1 Å². The van der Waals surface area contributed by atoms with E-state index in [9.17, 15) is 14.7 Å². The molecule has 1 heterocycles. The lowest BCUT2D eigenvalue weighted by Crippen LogP contribution is -2.56. The van der Waals surface area contributed by atoms with Crippen molar-refractivity contribution in [2.75, 3.05) is 20.2 Å². The van der Waals surface area contributed by atoms with Crippen LogP contribution in [0.3, 0.4) is 0 Å². The molecule has 0 bridgehead atoms. The SMILES string of the molecule is COc1ccc(CN2CC(=O)NCC2C(=O)O)cc1Br. The smallest absolute Gasteiger partial charge is 0.322 e. The van der Waals surface area contributed by atoms with E-state index in [1.54, 1.807) is 18.1 Å². The van der Waals surface area contributed by atoms with Gasteiger partial charge in [0, 0.05) is 13.1 Å². The van der Waals surface area contributed by atoms with Crippen LogP contribution in [0.25, 0.3) is 0 Å². The molecule has 0 radical (unpaired) electrons.